The smallest absolute Gasteiger partial charge is 0.336 e. The van der Waals surface area contributed by atoms with E-state index in [1.807, 2.05) is 6.92 Å². The third-order valence-electron chi connectivity index (χ3n) is 1.54. The Balaban J connectivity index is 2.24. The van der Waals surface area contributed by atoms with Crippen molar-refractivity contribution in [2.45, 2.75) is 25.6 Å². The molecule has 1 rings (SSSR count). The van der Waals surface area contributed by atoms with Gasteiger partial charge in [-0.05, 0) is 6.42 Å². The maximum absolute atomic E-state index is 11.0. The Bertz CT molecular complexity index is 204. The average molecular weight is 173 g/mol. The van der Waals surface area contributed by atoms with Gasteiger partial charge in [-0.25, -0.2) is 4.79 Å². The molecule has 2 atom stereocenters. The van der Waals surface area contributed by atoms with Crippen LogP contribution in [0.1, 0.15) is 13.3 Å². The third-order valence-corrected chi connectivity index (χ3v) is 1.54. The number of rotatable bonds is 4. The van der Waals surface area contributed by atoms with Gasteiger partial charge in [-0.2, -0.15) is 0 Å². The van der Waals surface area contributed by atoms with Gasteiger partial charge >= 0.3 is 5.97 Å². The van der Waals surface area contributed by atoms with Crippen LogP contribution in [0.15, 0.2) is 0 Å². The van der Waals surface area contributed by atoms with E-state index in [2.05, 4.69) is 10.1 Å². The Labute approximate surface area is 69.7 Å². The predicted molar refractivity (Wildman–Crippen MR) is 39.6 cm³/mol. The second kappa shape index (κ2) is 3.53. The minimum Gasteiger partial charge on any atom is -0.479 e. The monoisotopic (exact) mass is 173 g/mol. The fraction of sp³-hybridized carbons (Fsp3) is 0.714. The van der Waals surface area contributed by atoms with Gasteiger partial charge in [0.25, 0.3) is 5.91 Å². The summed E-state index contributed by atoms with van der Waals surface area (Å²) in [5.41, 5.74) is 0. The zero-order valence-corrected chi connectivity index (χ0v) is 6.74. The fourth-order valence-electron chi connectivity index (χ4n) is 0.848. The maximum Gasteiger partial charge on any atom is 0.336 e. The summed E-state index contributed by atoms with van der Waals surface area (Å²) < 4.78 is 4.63. The molecule has 1 aliphatic rings. The second-order valence-electron chi connectivity index (χ2n) is 2.61. The molecule has 0 aromatic rings. The molecule has 1 heterocycles. The van der Waals surface area contributed by atoms with Gasteiger partial charge in [0.05, 0.1) is 0 Å². The molecular formula is C7H11NO4. The maximum atomic E-state index is 11.0. The first-order chi connectivity index (χ1) is 5.66. The third kappa shape index (κ3) is 1.94. The number of carbonyl (C=O) groups excluding carboxylic acids is 1. The van der Waals surface area contributed by atoms with Crippen molar-refractivity contribution in [1.29, 1.82) is 0 Å². The summed E-state index contributed by atoms with van der Waals surface area (Å²) >= 11 is 0. The minimum absolute atomic E-state index is 0.329. The molecule has 0 aromatic carbocycles. The topological polar surface area (TPSA) is 78.9 Å². The first-order valence-electron chi connectivity index (χ1n) is 3.82. The van der Waals surface area contributed by atoms with Crippen LogP contribution in [-0.2, 0) is 14.3 Å². The molecule has 2 N–H and O–H groups in total. The van der Waals surface area contributed by atoms with Crippen LogP contribution >= 0.6 is 0 Å². The molecule has 0 radical (unpaired) electrons. The highest BCUT2D eigenvalue weighted by Gasteiger charge is 2.50. The molecule has 0 bridgehead atoms. The first-order valence-corrected chi connectivity index (χ1v) is 3.82. The van der Waals surface area contributed by atoms with Gasteiger partial charge in [-0.3, -0.25) is 4.79 Å². The van der Waals surface area contributed by atoms with Crippen LogP contribution in [0.4, 0.5) is 0 Å². The Morgan fingerprint density at radius 2 is 2.17 bits per heavy atom. The number of hydrogen-bond donors (Lipinski definition) is 2. The van der Waals surface area contributed by atoms with E-state index in [-0.39, 0.29) is 5.91 Å². The molecule has 0 aromatic heterocycles. The van der Waals surface area contributed by atoms with Gasteiger partial charge < -0.3 is 15.2 Å². The standard InChI is InChI=1S/C7H11NO4/c1-2-3-8-6(9)4-5(12-4)7(10)11/h4-5H,2-3H2,1H3,(H,8,9)(H,10,11)/t4-,5+/m1/s1. The molecule has 0 spiro atoms. The van der Waals surface area contributed by atoms with Crippen LogP contribution in [0.2, 0.25) is 0 Å². The largest absolute Gasteiger partial charge is 0.479 e. The Hall–Kier alpha value is -1.10. The lowest BCUT2D eigenvalue weighted by molar-refractivity contribution is -0.138. The quantitative estimate of drug-likeness (QED) is 0.554. The van der Waals surface area contributed by atoms with Crippen LogP contribution in [0.3, 0.4) is 0 Å². The van der Waals surface area contributed by atoms with Crippen molar-refractivity contribution in [1.82, 2.24) is 5.32 Å². The number of carboxylic acids is 1. The molecule has 1 aliphatic heterocycles. The van der Waals surface area contributed by atoms with Gasteiger partial charge in [0.1, 0.15) is 0 Å². The van der Waals surface area contributed by atoms with Crippen LogP contribution in [0.25, 0.3) is 0 Å². The summed E-state index contributed by atoms with van der Waals surface area (Å²) in [6.07, 6.45) is -0.869. The second-order valence-corrected chi connectivity index (χ2v) is 2.61. The normalized spacial score (nSPS) is 26.4. The molecule has 0 saturated carbocycles. The lowest BCUT2D eigenvalue weighted by Crippen LogP contribution is -2.30. The van der Waals surface area contributed by atoms with Crippen LogP contribution in [0, 0.1) is 0 Å². The van der Waals surface area contributed by atoms with E-state index in [0.29, 0.717) is 6.54 Å². The van der Waals surface area contributed by atoms with Gasteiger partial charge in [0.15, 0.2) is 12.2 Å². The predicted octanol–water partition coefficient (Wildman–Crippen LogP) is -0.635. The Morgan fingerprint density at radius 1 is 1.50 bits per heavy atom. The van der Waals surface area contributed by atoms with Crippen molar-refractivity contribution in [2.75, 3.05) is 6.54 Å². The van der Waals surface area contributed by atoms with Gasteiger partial charge in [-0.15, -0.1) is 0 Å². The van der Waals surface area contributed by atoms with Gasteiger partial charge in [-0.1, -0.05) is 6.92 Å². The minimum atomic E-state index is -1.08. The summed E-state index contributed by atoms with van der Waals surface area (Å²) in [7, 11) is 0. The molecule has 0 aliphatic carbocycles. The van der Waals surface area contributed by atoms with Crippen LogP contribution in [0.5, 0.6) is 0 Å². The zero-order chi connectivity index (χ0) is 9.14. The molecular weight excluding hydrogens is 162 g/mol. The molecule has 1 amide bonds. The van der Waals surface area contributed by atoms with E-state index < -0.39 is 18.2 Å². The van der Waals surface area contributed by atoms with Crippen molar-refractivity contribution in [2.24, 2.45) is 0 Å². The van der Waals surface area contributed by atoms with Crippen molar-refractivity contribution >= 4 is 11.9 Å². The van der Waals surface area contributed by atoms with E-state index in [4.69, 9.17) is 5.11 Å². The lowest BCUT2D eigenvalue weighted by atomic mass is 10.3. The highest BCUT2D eigenvalue weighted by Crippen LogP contribution is 2.21. The van der Waals surface area contributed by atoms with Crippen molar-refractivity contribution < 1.29 is 19.4 Å². The summed E-state index contributed by atoms with van der Waals surface area (Å²) in [5, 5.41) is 10.9. The molecule has 5 heteroatoms. The number of amides is 1. The van der Waals surface area contributed by atoms with E-state index in [1.165, 1.54) is 0 Å². The van der Waals surface area contributed by atoms with Crippen LogP contribution in [-0.4, -0.2) is 35.7 Å². The SMILES string of the molecule is CCCNC(=O)[C@@H]1O[C@@H]1C(=O)O. The summed E-state index contributed by atoms with van der Waals surface area (Å²) in [4.78, 5) is 21.2. The van der Waals surface area contributed by atoms with Gasteiger partial charge in [0, 0.05) is 6.54 Å². The molecule has 68 valence electrons. The molecule has 12 heavy (non-hydrogen) atoms. The molecule has 5 nitrogen and oxygen atoms in total. The lowest BCUT2D eigenvalue weighted by Gasteiger charge is -1.97. The number of nitrogens with one attached hydrogen (secondary N) is 1. The summed E-state index contributed by atoms with van der Waals surface area (Å²) in [6, 6.07) is 0. The van der Waals surface area contributed by atoms with E-state index in [1.54, 1.807) is 0 Å². The molecule has 1 saturated heterocycles. The number of aliphatic carboxylic acids is 1. The van der Waals surface area contributed by atoms with Gasteiger partial charge in [0.2, 0.25) is 0 Å². The summed E-state index contributed by atoms with van der Waals surface area (Å²) in [5.74, 6) is -1.41. The number of carboxylic acid groups (broad SMARTS) is 1. The highest BCUT2D eigenvalue weighted by atomic mass is 16.6. The fourth-order valence-corrected chi connectivity index (χ4v) is 0.848. The van der Waals surface area contributed by atoms with E-state index in [9.17, 15) is 9.59 Å². The van der Waals surface area contributed by atoms with E-state index >= 15 is 0 Å². The number of carbonyl (C=O) groups is 2. The van der Waals surface area contributed by atoms with Crippen LogP contribution < -0.4 is 5.32 Å². The first kappa shape index (κ1) is 8.99. The Morgan fingerprint density at radius 3 is 2.58 bits per heavy atom. The van der Waals surface area contributed by atoms with Crippen molar-refractivity contribution in [3.8, 4) is 0 Å². The van der Waals surface area contributed by atoms with Crippen molar-refractivity contribution in [3.63, 3.8) is 0 Å². The average Bonchev–Trinajstić information content (AvgIpc) is 2.78. The Kier molecular flexibility index (Phi) is 2.65. The number of hydrogen-bond acceptors (Lipinski definition) is 3. The van der Waals surface area contributed by atoms with Crippen molar-refractivity contribution in [3.05, 3.63) is 0 Å². The number of ether oxygens (including phenoxy) is 1. The molecule has 0 unspecified atom stereocenters. The molecule has 1 fully saturated rings. The highest BCUT2D eigenvalue weighted by molar-refractivity contribution is 5.91. The van der Waals surface area contributed by atoms with E-state index in [0.717, 1.165) is 6.42 Å². The zero-order valence-electron chi connectivity index (χ0n) is 6.74. The summed E-state index contributed by atoms with van der Waals surface area (Å²) in [6.45, 7) is 2.48. The number of epoxide rings is 1.